The van der Waals surface area contributed by atoms with Crippen molar-refractivity contribution in [2.24, 2.45) is 0 Å². The molecule has 0 saturated carbocycles. The van der Waals surface area contributed by atoms with Gasteiger partial charge in [-0.15, -0.1) is 0 Å². The predicted octanol–water partition coefficient (Wildman–Crippen LogP) is 1.82. The Balaban J connectivity index is 2.63. The van der Waals surface area contributed by atoms with Gasteiger partial charge in [0, 0.05) is 17.8 Å². The smallest absolute Gasteiger partial charge is 0.356 e. The molecule has 0 aromatic carbocycles. The zero-order valence-corrected chi connectivity index (χ0v) is 9.37. The van der Waals surface area contributed by atoms with Gasteiger partial charge in [0.15, 0.2) is 5.69 Å². The van der Waals surface area contributed by atoms with E-state index in [-0.39, 0.29) is 11.1 Å². The summed E-state index contributed by atoms with van der Waals surface area (Å²) in [6, 6.07) is 0. The highest BCUT2D eigenvalue weighted by Gasteiger charge is 2.32. The van der Waals surface area contributed by atoms with E-state index in [4.69, 9.17) is 5.11 Å². The van der Waals surface area contributed by atoms with Crippen molar-refractivity contribution in [2.45, 2.75) is 45.6 Å². The molecular formula is C11H16N2O2. The summed E-state index contributed by atoms with van der Waals surface area (Å²) >= 11 is 0. The maximum atomic E-state index is 11.1. The van der Waals surface area contributed by atoms with Crippen LogP contribution in [0.1, 0.15) is 48.9 Å². The first-order valence-corrected chi connectivity index (χ1v) is 5.24. The molecule has 2 heterocycles. The Bertz CT molecular complexity index is 413. The fraction of sp³-hybridized carbons (Fsp3) is 0.636. The number of carboxylic acids is 1. The maximum Gasteiger partial charge on any atom is 0.356 e. The lowest BCUT2D eigenvalue weighted by Crippen LogP contribution is -2.17. The summed E-state index contributed by atoms with van der Waals surface area (Å²) in [5.41, 5.74) is 2.11. The third-order valence-corrected chi connectivity index (χ3v) is 2.79. The van der Waals surface area contributed by atoms with E-state index in [2.05, 4.69) is 5.10 Å². The normalized spacial score (nSPS) is 15.4. The van der Waals surface area contributed by atoms with E-state index in [0.29, 0.717) is 0 Å². The highest BCUT2D eigenvalue weighted by Crippen LogP contribution is 2.32. The molecule has 4 heteroatoms. The summed E-state index contributed by atoms with van der Waals surface area (Å²) in [5, 5.41) is 13.3. The van der Waals surface area contributed by atoms with Gasteiger partial charge < -0.3 is 5.11 Å². The average Bonchev–Trinajstić information content (AvgIpc) is 2.56. The second-order valence-corrected chi connectivity index (χ2v) is 5.05. The number of hydrogen-bond donors (Lipinski definition) is 1. The molecule has 1 aromatic rings. The van der Waals surface area contributed by atoms with Crippen LogP contribution in [0.25, 0.3) is 0 Å². The molecule has 0 radical (unpaired) electrons. The van der Waals surface area contributed by atoms with Crippen molar-refractivity contribution in [1.82, 2.24) is 9.78 Å². The van der Waals surface area contributed by atoms with Crippen LogP contribution in [0.3, 0.4) is 0 Å². The molecule has 1 aromatic heterocycles. The van der Waals surface area contributed by atoms with Gasteiger partial charge in [-0.2, -0.15) is 5.10 Å². The second-order valence-electron chi connectivity index (χ2n) is 5.05. The van der Waals surface area contributed by atoms with Crippen LogP contribution in [0.2, 0.25) is 0 Å². The summed E-state index contributed by atoms with van der Waals surface area (Å²) < 4.78 is 1.85. The van der Waals surface area contributed by atoms with Crippen molar-refractivity contribution in [1.29, 1.82) is 0 Å². The van der Waals surface area contributed by atoms with Crippen LogP contribution in [0.4, 0.5) is 0 Å². The first-order valence-electron chi connectivity index (χ1n) is 5.24. The first-order chi connectivity index (χ1) is 6.91. The lowest BCUT2D eigenvalue weighted by Gasteiger charge is -2.19. The largest absolute Gasteiger partial charge is 0.476 e. The summed E-state index contributed by atoms with van der Waals surface area (Å²) in [6.07, 6.45) is 2.03. The predicted molar refractivity (Wildman–Crippen MR) is 56.2 cm³/mol. The van der Waals surface area contributed by atoms with Gasteiger partial charge in [-0.3, -0.25) is 4.68 Å². The molecule has 1 aliphatic rings. The number of aryl methyl sites for hydroxylation is 1. The molecule has 0 bridgehead atoms. The van der Waals surface area contributed by atoms with Gasteiger partial charge in [0.25, 0.3) is 0 Å². The topological polar surface area (TPSA) is 55.1 Å². The van der Waals surface area contributed by atoms with Crippen LogP contribution in [-0.2, 0) is 18.4 Å². The van der Waals surface area contributed by atoms with E-state index in [1.165, 1.54) is 0 Å². The Morgan fingerprint density at radius 1 is 1.47 bits per heavy atom. The summed E-state index contributed by atoms with van der Waals surface area (Å²) in [7, 11) is 0. The summed E-state index contributed by atoms with van der Waals surface area (Å²) in [6.45, 7) is 6.96. The number of carboxylic acid groups (broad SMARTS) is 1. The van der Waals surface area contributed by atoms with Crippen LogP contribution >= 0.6 is 0 Å². The lowest BCUT2D eigenvalue weighted by molar-refractivity contribution is 0.0686. The Hall–Kier alpha value is -1.32. The molecule has 0 atom stereocenters. The number of aromatic nitrogens is 2. The number of carbonyl (C=O) groups is 1. The highest BCUT2D eigenvalue weighted by atomic mass is 16.4. The third-order valence-electron chi connectivity index (χ3n) is 2.79. The molecular weight excluding hydrogens is 192 g/mol. The molecule has 15 heavy (non-hydrogen) atoms. The summed E-state index contributed by atoms with van der Waals surface area (Å²) in [5.74, 6) is -0.915. The van der Waals surface area contributed by atoms with Gasteiger partial charge in [-0.05, 0) is 18.3 Å². The third kappa shape index (κ3) is 1.54. The number of fused-ring (bicyclic) bond motifs is 1. The quantitative estimate of drug-likeness (QED) is 0.766. The van der Waals surface area contributed by atoms with Crippen molar-refractivity contribution in [3.05, 3.63) is 17.0 Å². The molecule has 1 aliphatic heterocycles. The average molecular weight is 208 g/mol. The monoisotopic (exact) mass is 208 g/mol. The molecule has 1 N–H and O–H groups in total. The van der Waals surface area contributed by atoms with Crippen molar-refractivity contribution in [3.8, 4) is 0 Å². The summed E-state index contributed by atoms with van der Waals surface area (Å²) in [4.78, 5) is 11.1. The van der Waals surface area contributed by atoms with Crippen molar-refractivity contribution >= 4 is 5.97 Å². The molecule has 0 aliphatic carbocycles. The van der Waals surface area contributed by atoms with Gasteiger partial charge in [-0.25, -0.2) is 4.79 Å². The van der Waals surface area contributed by atoms with Crippen LogP contribution in [0.5, 0.6) is 0 Å². The maximum absolute atomic E-state index is 11.1. The van der Waals surface area contributed by atoms with E-state index < -0.39 is 5.97 Å². The Morgan fingerprint density at radius 3 is 2.67 bits per heavy atom. The minimum atomic E-state index is -0.915. The molecule has 0 unspecified atom stereocenters. The van der Waals surface area contributed by atoms with Gasteiger partial charge >= 0.3 is 5.97 Å². The van der Waals surface area contributed by atoms with Crippen LogP contribution < -0.4 is 0 Å². The zero-order chi connectivity index (χ0) is 11.2. The van der Waals surface area contributed by atoms with E-state index in [1.54, 1.807) is 0 Å². The van der Waals surface area contributed by atoms with Crippen LogP contribution in [-0.4, -0.2) is 20.9 Å². The van der Waals surface area contributed by atoms with E-state index in [0.717, 1.165) is 30.6 Å². The molecule has 82 valence electrons. The van der Waals surface area contributed by atoms with Crippen LogP contribution in [0, 0.1) is 0 Å². The first kappa shape index (κ1) is 10.2. The molecule has 2 rings (SSSR count). The fourth-order valence-electron chi connectivity index (χ4n) is 2.27. The fourth-order valence-corrected chi connectivity index (χ4v) is 2.27. The van der Waals surface area contributed by atoms with Crippen molar-refractivity contribution in [2.75, 3.05) is 0 Å². The van der Waals surface area contributed by atoms with E-state index in [1.807, 2.05) is 25.5 Å². The van der Waals surface area contributed by atoms with Gasteiger partial charge in [0.05, 0.1) is 0 Å². The highest BCUT2D eigenvalue weighted by molar-refractivity contribution is 5.88. The lowest BCUT2D eigenvalue weighted by atomic mass is 9.84. The van der Waals surface area contributed by atoms with E-state index >= 15 is 0 Å². The minimum Gasteiger partial charge on any atom is -0.476 e. The van der Waals surface area contributed by atoms with Crippen molar-refractivity contribution in [3.63, 3.8) is 0 Å². The number of nitrogens with zero attached hydrogens (tertiary/aromatic N) is 2. The van der Waals surface area contributed by atoms with Crippen LogP contribution in [0.15, 0.2) is 0 Å². The Kier molecular flexibility index (Phi) is 2.10. The zero-order valence-electron chi connectivity index (χ0n) is 9.37. The Morgan fingerprint density at radius 2 is 2.13 bits per heavy atom. The molecule has 0 spiro atoms. The molecule has 0 saturated heterocycles. The number of hydrogen-bond acceptors (Lipinski definition) is 2. The molecule has 0 fully saturated rings. The SMILES string of the molecule is CC(C)(C)c1c(C(=O)O)nn2c1CCC2. The molecule has 4 nitrogen and oxygen atoms in total. The van der Waals surface area contributed by atoms with Gasteiger partial charge in [-0.1, -0.05) is 20.8 Å². The number of aromatic carboxylic acids is 1. The Labute approximate surface area is 88.9 Å². The number of rotatable bonds is 1. The van der Waals surface area contributed by atoms with Gasteiger partial charge in [0.2, 0.25) is 0 Å². The van der Waals surface area contributed by atoms with Gasteiger partial charge in [0.1, 0.15) is 0 Å². The second kappa shape index (κ2) is 3.08. The van der Waals surface area contributed by atoms with Crippen molar-refractivity contribution < 1.29 is 9.90 Å². The minimum absolute atomic E-state index is 0.147. The standard InChI is InChI=1S/C11H16N2O2/c1-11(2,3)8-7-5-4-6-13(7)12-9(8)10(14)15/h4-6H2,1-3H3,(H,14,15). The van der Waals surface area contributed by atoms with E-state index in [9.17, 15) is 4.79 Å². The molecule has 0 amide bonds.